The van der Waals surface area contributed by atoms with Crippen LogP contribution in [0.15, 0.2) is 35.9 Å². The first kappa shape index (κ1) is 9.53. The summed E-state index contributed by atoms with van der Waals surface area (Å²) in [5.74, 6) is 0. The standard InChI is InChI=1S/C11H12Br/c1-10(9-12)7-8-11-5-3-2-4-6-11/h3-7H,8-9H2,1H3. The summed E-state index contributed by atoms with van der Waals surface area (Å²) in [7, 11) is 0. The first-order valence-corrected chi connectivity index (χ1v) is 5.11. The van der Waals surface area contributed by atoms with E-state index >= 15 is 0 Å². The van der Waals surface area contributed by atoms with E-state index in [9.17, 15) is 0 Å². The minimum absolute atomic E-state index is 0.964. The van der Waals surface area contributed by atoms with E-state index in [1.54, 1.807) is 0 Å². The van der Waals surface area contributed by atoms with Gasteiger partial charge in [-0.1, -0.05) is 51.8 Å². The Bertz CT molecular complexity index is 249. The predicted octanol–water partition coefficient (Wildman–Crippen LogP) is 3.37. The third kappa shape index (κ3) is 3.22. The summed E-state index contributed by atoms with van der Waals surface area (Å²) in [6.07, 6.45) is 3.26. The van der Waals surface area contributed by atoms with Gasteiger partial charge in [-0.2, -0.15) is 0 Å². The van der Waals surface area contributed by atoms with Gasteiger partial charge < -0.3 is 0 Å². The predicted molar refractivity (Wildman–Crippen MR) is 56.5 cm³/mol. The minimum atomic E-state index is 0.964. The average Bonchev–Trinajstić information content (AvgIpc) is 2.16. The summed E-state index contributed by atoms with van der Waals surface area (Å²) in [5, 5.41) is 0.964. The molecule has 1 heteroatoms. The zero-order chi connectivity index (χ0) is 8.81. The van der Waals surface area contributed by atoms with Crippen LogP contribution in [-0.4, -0.2) is 5.33 Å². The first-order valence-electron chi connectivity index (χ1n) is 3.99. The maximum atomic E-state index is 3.41. The lowest BCUT2D eigenvalue weighted by atomic mass is 10.1. The Morgan fingerprint density at radius 3 is 2.75 bits per heavy atom. The molecule has 0 nitrogen and oxygen atoms in total. The van der Waals surface area contributed by atoms with Gasteiger partial charge in [0.05, 0.1) is 0 Å². The van der Waals surface area contributed by atoms with Crippen molar-refractivity contribution in [1.82, 2.24) is 0 Å². The van der Waals surface area contributed by atoms with Gasteiger partial charge >= 0.3 is 0 Å². The molecule has 0 saturated carbocycles. The fourth-order valence-electron chi connectivity index (χ4n) is 0.904. The van der Waals surface area contributed by atoms with Crippen molar-refractivity contribution in [2.75, 3.05) is 5.33 Å². The van der Waals surface area contributed by atoms with Crippen LogP contribution in [0.2, 0.25) is 0 Å². The highest BCUT2D eigenvalue weighted by Gasteiger charge is 1.88. The second kappa shape index (κ2) is 5.15. The fraction of sp³-hybridized carbons (Fsp3) is 0.273. The molecule has 0 bridgehead atoms. The molecule has 0 N–H and O–H groups in total. The minimum Gasteiger partial charge on any atom is -0.0880 e. The van der Waals surface area contributed by atoms with Crippen molar-refractivity contribution >= 4 is 15.9 Å². The number of alkyl halides is 1. The molecule has 0 amide bonds. The third-order valence-corrected chi connectivity index (χ3v) is 2.57. The third-order valence-electron chi connectivity index (χ3n) is 1.68. The smallest absolute Gasteiger partial charge is 0.0239 e. The van der Waals surface area contributed by atoms with Gasteiger partial charge in [0.2, 0.25) is 0 Å². The molecule has 1 aromatic carbocycles. The number of halogens is 1. The van der Waals surface area contributed by atoms with E-state index in [1.165, 1.54) is 11.1 Å². The van der Waals surface area contributed by atoms with Crippen LogP contribution < -0.4 is 0 Å². The number of hydrogen-bond donors (Lipinski definition) is 0. The van der Waals surface area contributed by atoms with Crippen LogP contribution in [0.4, 0.5) is 0 Å². The van der Waals surface area contributed by atoms with Gasteiger partial charge in [-0.15, -0.1) is 0 Å². The van der Waals surface area contributed by atoms with Crippen molar-refractivity contribution in [3.05, 3.63) is 47.5 Å². The van der Waals surface area contributed by atoms with E-state index in [0.717, 1.165) is 11.8 Å². The molecule has 0 unspecified atom stereocenters. The summed E-state index contributed by atoms with van der Waals surface area (Å²) >= 11 is 3.41. The molecule has 0 fully saturated rings. The van der Waals surface area contributed by atoms with Crippen LogP contribution in [0, 0.1) is 6.07 Å². The second-order valence-electron chi connectivity index (χ2n) is 2.80. The summed E-state index contributed by atoms with van der Waals surface area (Å²) < 4.78 is 0. The lowest BCUT2D eigenvalue weighted by Crippen LogP contribution is -1.82. The van der Waals surface area contributed by atoms with Crippen molar-refractivity contribution in [3.8, 4) is 0 Å². The summed E-state index contributed by atoms with van der Waals surface area (Å²) in [4.78, 5) is 0. The van der Waals surface area contributed by atoms with E-state index < -0.39 is 0 Å². The molecule has 1 aromatic rings. The molecule has 0 aliphatic rings. The number of benzene rings is 1. The van der Waals surface area contributed by atoms with Gasteiger partial charge in [0, 0.05) is 5.33 Å². The highest BCUT2D eigenvalue weighted by molar-refractivity contribution is 9.09. The molecule has 63 valence electrons. The van der Waals surface area contributed by atoms with Crippen LogP contribution in [0.3, 0.4) is 0 Å². The molecule has 0 atom stereocenters. The lowest BCUT2D eigenvalue weighted by Gasteiger charge is -1.96. The van der Waals surface area contributed by atoms with E-state index in [4.69, 9.17) is 0 Å². The van der Waals surface area contributed by atoms with Gasteiger partial charge in [-0.3, -0.25) is 0 Å². The summed E-state index contributed by atoms with van der Waals surface area (Å²) in [6, 6.07) is 11.1. The van der Waals surface area contributed by atoms with Crippen LogP contribution in [-0.2, 0) is 6.42 Å². The van der Waals surface area contributed by atoms with Crippen molar-refractivity contribution in [1.29, 1.82) is 0 Å². The molecular weight excluding hydrogens is 212 g/mol. The van der Waals surface area contributed by atoms with Gasteiger partial charge in [-0.05, 0) is 25.0 Å². The van der Waals surface area contributed by atoms with Gasteiger partial charge in [-0.25, -0.2) is 0 Å². The Morgan fingerprint density at radius 1 is 1.50 bits per heavy atom. The van der Waals surface area contributed by atoms with Gasteiger partial charge in [0.25, 0.3) is 0 Å². The Kier molecular flexibility index (Phi) is 4.09. The lowest BCUT2D eigenvalue weighted by molar-refractivity contribution is 1.22. The van der Waals surface area contributed by atoms with E-state index in [0.29, 0.717) is 0 Å². The summed E-state index contributed by atoms with van der Waals surface area (Å²) in [5.41, 5.74) is 2.72. The van der Waals surface area contributed by atoms with Gasteiger partial charge in [0.1, 0.15) is 0 Å². The van der Waals surface area contributed by atoms with E-state index in [1.807, 2.05) is 12.1 Å². The molecule has 0 aliphatic carbocycles. The zero-order valence-corrected chi connectivity index (χ0v) is 8.76. The molecule has 12 heavy (non-hydrogen) atoms. The molecule has 0 saturated heterocycles. The van der Waals surface area contributed by atoms with Crippen molar-refractivity contribution in [3.63, 3.8) is 0 Å². The number of rotatable bonds is 3. The normalized spacial score (nSPS) is 11.7. The van der Waals surface area contributed by atoms with Crippen molar-refractivity contribution < 1.29 is 0 Å². The number of allylic oxidation sites excluding steroid dienone is 2. The maximum absolute atomic E-state index is 3.41. The van der Waals surface area contributed by atoms with Crippen molar-refractivity contribution in [2.45, 2.75) is 13.3 Å². The van der Waals surface area contributed by atoms with Crippen LogP contribution >= 0.6 is 15.9 Å². The first-order chi connectivity index (χ1) is 5.83. The van der Waals surface area contributed by atoms with Crippen molar-refractivity contribution in [2.24, 2.45) is 0 Å². The fourth-order valence-corrected chi connectivity index (χ4v) is 1.13. The van der Waals surface area contributed by atoms with Crippen LogP contribution in [0.25, 0.3) is 0 Å². The number of hydrogen-bond acceptors (Lipinski definition) is 0. The largest absolute Gasteiger partial charge is 0.0880 e. The Balaban J connectivity index is 2.54. The maximum Gasteiger partial charge on any atom is 0.0239 e. The van der Waals surface area contributed by atoms with E-state index in [2.05, 4.69) is 47.1 Å². The SMILES string of the molecule is CC(=CCc1cc[c]cc1)CBr. The Hall–Kier alpha value is -0.560. The molecule has 0 heterocycles. The monoisotopic (exact) mass is 223 g/mol. The highest BCUT2D eigenvalue weighted by atomic mass is 79.9. The quantitative estimate of drug-likeness (QED) is 0.545. The second-order valence-corrected chi connectivity index (χ2v) is 3.36. The Morgan fingerprint density at radius 2 is 2.17 bits per heavy atom. The molecule has 0 aromatic heterocycles. The molecule has 0 spiro atoms. The van der Waals surface area contributed by atoms with Crippen LogP contribution in [0.5, 0.6) is 0 Å². The van der Waals surface area contributed by atoms with E-state index in [-0.39, 0.29) is 0 Å². The molecule has 0 aliphatic heterocycles. The van der Waals surface area contributed by atoms with Crippen LogP contribution in [0.1, 0.15) is 12.5 Å². The topological polar surface area (TPSA) is 0 Å². The Labute approximate surface area is 82.4 Å². The van der Waals surface area contributed by atoms with Gasteiger partial charge in [0.15, 0.2) is 0 Å². The zero-order valence-electron chi connectivity index (χ0n) is 7.18. The highest BCUT2D eigenvalue weighted by Crippen LogP contribution is 2.04. The molecule has 1 rings (SSSR count). The average molecular weight is 224 g/mol. The summed E-state index contributed by atoms with van der Waals surface area (Å²) in [6.45, 7) is 2.13. The molecule has 1 radical (unpaired) electrons. The molecular formula is C11H12Br.